The Morgan fingerprint density at radius 2 is 0.871 bits per heavy atom. The van der Waals surface area contributed by atoms with E-state index in [1.165, 1.54) is 0 Å². The summed E-state index contributed by atoms with van der Waals surface area (Å²) in [6.45, 7) is 22.6. The number of aromatic hydroxyl groups is 2. The zero-order chi connectivity index (χ0) is 23.8. The fourth-order valence-corrected chi connectivity index (χ4v) is 5.81. The van der Waals surface area contributed by atoms with Crippen LogP contribution in [0, 0.1) is 10.8 Å². The second kappa shape index (κ2) is 8.52. The third-order valence-corrected chi connectivity index (χ3v) is 6.06. The first-order valence-corrected chi connectivity index (χ1v) is 11.6. The third kappa shape index (κ3) is 6.51. The van der Waals surface area contributed by atoms with Crippen LogP contribution in [0.4, 0.5) is 0 Å². The van der Waals surface area contributed by atoms with Crippen molar-refractivity contribution in [2.45, 2.75) is 99.3 Å². The summed E-state index contributed by atoms with van der Waals surface area (Å²) in [5, 5.41) is 21.8. The molecule has 2 nitrogen and oxygen atoms in total. The van der Waals surface area contributed by atoms with Crippen molar-refractivity contribution < 1.29 is 10.2 Å². The third-order valence-electron chi connectivity index (χ3n) is 6.06. The van der Waals surface area contributed by atoms with Crippen molar-refractivity contribution in [3.63, 3.8) is 0 Å². The molecule has 0 aliphatic heterocycles. The molecule has 0 unspecified atom stereocenters. The summed E-state index contributed by atoms with van der Waals surface area (Å²) < 4.78 is 0. The molecule has 2 aromatic carbocycles. The van der Waals surface area contributed by atoms with Gasteiger partial charge in [0.25, 0.3) is 0 Å². The molecule has 0 aliphatic carbocycles. The van der Waals surface area contributed by atoms with Gasteiger partial charge in [0.05, 0.1) is 0 Å². The van der Waals surface area contributed by atoms with Crippen LogP contribution in [-0.4, -0.2) is 10.2 Å². The van der Waals surface area contributed by atoms with Gasteiger partial charge in [-0.15, -0.1) is 0 Å². The van der Waals surface area contributed by atoms with Gasteiger partial charge in [0.1, 0.15) is 11.5 Å². The molecule has 0 spiro atoms. The van der Waals surface area contributed by atoms with Gasteiger partial charge < -0.3 is 10.2 Å². The van der Waals surface area contributed by atoms with Crippen LogP contribution in [-0.2, 0) is 17.3 Å². The number of phenols is 2. The van der Waals surface area contributed by atoms with Gasteiger partial charge in [0, 0.05) is 17.5 Å². The van der Waals surface area contributed by atoms with Crippen molar-refractivity contribution in [1.82, 2.24) is 0 Å². The summed E-state index contributed by atoms with van der Waals surface area (Å²) >= 11 is 0. The molecule has 2 rings (SSSR count). The molecule has 0 radical (unpaired) electrons. The predicted molar refractivity (Wildman–Crippen MR) is 133 cm³/mol. The van der Waals surface area contributed by atoms with E-state index in [1.54, 1.807) is 12.1 Å². The van der Waals surface area contributed by atoms with E-state index in [0.29, 0.717) is 17.9 Å². The van der Waals surface area contributed by atoms with E-state index < -0.39 is 0 Å². The average Bonchev–Trinajstić information content (AvgIpc) is 2.53. The summed E-state index contributed by atoms with van der Waals surface area (Å²) in [4.78, 5) is 0. The van der Waals surface area contributed by atoms with Crippen molar-refractivity contribution in [3.8, 4) is 11.5 Å². The monoisotopic (exact) mass is 424 g/mol. The highest BCUT2D eigenvalue weighted by atomic mass is 16.3. The Morgan fingerprint density at radius 1 is 0.548 bits per heavy atom. The van der Waals surface area contributed by atoms with Gasteiger partial charge in [-0.1, -0.05) is 93.5 Å². The molecule has 0 amide bonds. The maximum atomic E-state index is 10.9. The van der Waals surface area contributed by atoms with Crippen molar-refractivity contribution in [3.05, 3.63) is 58.7 Å². The molecular weight excluding hydrogens is 380 g/mol. The molecule has 31 heavy (non-hydrogen) atoms. The van der Waals surface area contributed by atoms with E-state index in [-0.39, 0.29) is 21.7 Å². The number of rotatable bonds is 6. The van der Waals surface area contributed by atoms with Crippen molar-refractivity contribution >= 4 is 0 Å². The van der Waals surface area contributed by atoms with Crippen LogP contribution in [0.15, 0.2) is 36.4 Å². The molecule has 2 heteroatoms. The van der Waals surface area contributed by atoms with E-state index in [9.17, 15) is 10.2 Å². The minimum atomic E-state index is -0.0994. The quantitative estimate of drug-likeness (QED) is 0.491. The normalized spacial score (nSPS) is 13.5. The first-order chi connectivity index (χ1) is 13.9. The number of hydrogen-bond donors (Lipinski definition) is 2. The van der Waals surface area contributed by atoms with Crippen LogP contribution in [0.25, 0.3) is 0 Å². The highest BCUT2D eigenvalue weighted by Crippen LogP contribution is 2.44. The van der Waals surface area contributed by atoms with Gasteiger partial charge in [-0.05, 0) is 57.8 Å². The topological polar surface area (TPSA) is 40.5 Å². The second-order valence-electron chi connectivity index (χ2n) is 13.0. The summed E-state index contributed by atoms with van der Waals surface area (Å²) in [6.07, 6.45) is 2.52. The summed E-state index contributed by atoms with van der Waals surface area (Å²) in [5.41, 5.74) is 4.30. The lowest BCUT2D eigenvalue weighted by molar-refractivity contribution is 0.281. The second-order valence-corrected chi connectivity index (χ2v) is 13.0. The summed E-state index contributed by atoms with van der Waals surface area (Å²) in [6, 6.07) is 11.7. The largest absolute Gasteiger partial charge is 0.508 e. The predicted octanol–water partition coefficient (Wildman–Crippen LogP) is 8.12. The number of phenolic OH excluding ortho intramolecular Hbond substituents is 2. The molecule has 0 aliphatic rings. The molecule has 2 aromatic rings. The van der Waals surface area contributed by atoms with Crippen LogP contribution in [0.2, 0.25) is 0 Å². The SMILES string of the molecule is CC(C)(C)CC(C)(C)c1cccc(O)c1Cc1c(O)cccc1C(C)(C)CC(C)(C)C. The van der Waals surface area contributed by atoms with Crippen LogP contribution in [0.1, 0.15) is 104 Å². The number of hydrogen-bond acceptors (Lipinski definition) is 2. The lowest BCUT2D eigenvalue weighted by atomic mass is 9.69. The standard InChI is InChI=1S/C29H44O2/c1-26(2,3)18-28(7,8)22-13-11-15-24(30)20(22)17-21-23(14-12-16-25(21)31)29(9,10)19-27(4,5)6/h11-16,30-31H,17-19H2,1-10H3. The van der Waals surface area contributed by atoms with Crippen LogP contribution >= 0.6 is 0 Å². The first-order valence-electron chi connectivity index (χ1n) is 11.6. The molecule has 0 saturated carbocycles. The fourth-order valence-electron chi connectivity index (χ4n) is 5.81. The van der Waals surface area contributed by atoms with Gasteiger partial charge >= 0.3 is 0 Å². The van der Waals surface area contributed by atoms with Crippen LogP contribution in [0.5, 0.6) is 11.5 Å². The molecule has 0 fully saturated rings. The molecule has 0 aromatic heterocycles. The van der Waals surface area contributed by atoms with Crippen molar-refractivity contribution in [2.24, 2.45) is 10.8 Å². The van der Waals surface area contributed by atoms with Crippen molar-refractivity contribution in [1.29, 1.82) is 0 Å². The lowest BCUT2D eigenvalue weighted by Gasteiger charge is -2.36. The molecule has 0 heterocycles. The maximum absolute atomic E-state index is 10.9. The highest BCUT2D eigenvalue weighted by molar-refractivity contribution is 5.51. The van der Waals surface area contributed by atoms with E-state index in [0.717, 1.165) is 35.1 Å². The minimum absolute atomic E-state index is 0.0994. The van der Waals surface area contributed by atoms with E-state index >= 15 is 0 Å². The Balaban J connectivity index is 2.61. The lowest BCUT2D eigenvalue weighted by Crippen LogP contribution is -2.27. The Hall–Kier alpha value is -1.96. The van der Waals surface area contributed by atoms with Gasteiger partial charge in [-0.2, -0.15) is 0 Å². The molecule has 0 saturated heterocycles. The zero-order valence-corrected chi connectivity index (χ0v) is 21.5. The zero-order valence-electron chi connectivity index (χ0n) is 21.5. The van der Waals surface area contributed by atoms with Gasteiger partial charge in [-0.25, -0.2) is 0 Å². The fraction of sp³-hybridized carbons (Fsp3) is 0.586. The Labute approximate surface area is 190 Å². The summed E-state index contributed by atoms with van der Waals surface area (Å²) in [5.74, 6) is 0.615. The average molecular weight is 425 g/mol. The van der Waals surface area contributed by atoms with E-state index in [2.05, 4.69) is 81.4 Å². The molecule has 0 atom stereocenters. The van der Waals surface area contributed by atoms with Gasteiger partial charge in [0.15, 0.2) is 0 Å². The van der Waals surface area contributed by atoms with Gasteiger partial charge in [0.2, 0.25) is 0 Å². The smallest absolute Gasteiger partial charge is 0.119 e. The van der Waals surface area contributed by atoms with Crippen LogP contribution in [0.3, 0.4) is 0 Å². The Kier molecular flexibility index (Phi) is 6.96. The minimum Gasteiger partial charge on any atom is -0.508 e. The molecule has 0 bridgehead atoms. The number of benzene rings is 2. The molecule has 172 valence electrons. The molecule has 2 N–H and O–H groups in total. The highest BCUT2D eigenvalue weighted by Gasteiger charge is 2.33. The van der Waals surface area contributed by atoms with E-state index in [4.69, 9.17) is 0 Å². The van der Waals surface area contributed by atoms with Crippen molar-refractivity contribution in [2.75, 3.05) is 0 Å². The molecular formula is C29H44O2. The Bertz CT molecular complexity index is 830. The van der Waals surface area contributed by atoms with Gasteiger partial charge in [-0.3, -0.25) is 0 Å². The first kappa shape index (κ1) is 25.3. The van der Waals surface area contributed by atoms with E-state index in [1.807, 2.05) is 12.1 Å². The summed E-state index contributed by atoms with van der Waals surface area (Å²) in [7, 11) is 0. The Morgan fingerprint density at radius 3 is 1.16 bits per heavy atom. The maximum Gasteiger partial charge on any atom is 0.119 e. The van der Waals surface area contributed by atoms with Crippen LogP contribution < -0.4 is 0 Å².